The molecule has 158 valence electrons. The van der Waals surface area contributed by atoms with Crippen LogP contribution in [0.3, 0.4) is 0 Å². The highest BCUT2D eigenvalue weighted by atomic mass is 16.5. The topological polar surface area (TPSA) is 67.4 Å². The fourth-order valence-electron chi connectivity index (χ4n) is 4.04. The molecule has 0 unspecified atom stereocenters. The summed E-state index contributed by atoms with van der Waals surface area (Å²) < 4.78 is 5.51. The largest absolute Gasteiger partial charge is 0.462 e. The third-order valence-corrected chi connectivity index (χ3v) is 6.37. The molecule has 2 N–H and O–H groups in total. The molecule has 0 bridgehead atoms. The Morgan fingerprint density at radius 3 is 2.60 bits per heavy atom. The average Bonchev–Trinajstić information content (AvgIpc) is 2.67. The van der Waals surface area contributed by atoms with Gasteiger partial charge in [-0.2, -0.15) is 0 Å². The van der Waals surface area contributed by atoms with Crippen LogP contribution >= 0.6 is 0 Å². The van der Waals surface area contributed by atoms with Crippen LogP contribution in [-0.2, 0) is 21.4 Å². The second kappa shape index (κ2) is 8.50. The number of carbonyl (C=O) groups is 2. The summed E-state index contributed by atoms with van der Waals surface area (Å²) in [5.74, 6) is 0.00366. The molecule has 4 rings (SSSR count). The maximum absolute atomic E-state index is 12.5. The van der Waals surface area contributed by atoms with Crippen molar-refractivity contribution in [2.75, 3.05) is 23.8 Å². The first kappa shape index (κ1) is 20.5. The second-order valence-electron chi connectivity index (χ2n) is 9.02. The number of esters is 1. The number of hydrogen-bond donors (Lipinski definition) is 2. The molecule has 1 aliphatic carbocycles. The molecule has 2 aliphatic rings. The van der Waals surface area contributed by atoms with E-state index in [0.717, 1.165) is 49.2 Å². The van der Waals surface area contributed by atoms with E-state index in [1.165, 1.54) is 5.56 Å². The smallest absolute Gasteiger partial charge is 0.338 e. The SMILES string of the molecule is CC1(C)CCNc2ccc(C(=O)OCCc3ccc(NC(=O)C4CCC4)cc3)cc21. The molecule has 0 aromatic heterocycles. The van der Waals surface area contributed by atoms with Gasteiger partial charge in [-0.15, -0.1) is 0 Å². The molecule has 2 aromatic rings. The zero-order chi connectivity index (χ0) is 21.1. The summed E-state index contributed by atoms with van der Waals surface area (Å²) in [6.45, 7) is 5.69. The molecule has 1 heterocycles. The molecule has 5 heteroatoms. The minimum absolute atomic E-state index is 0.0483. The van der Waals surface area contributed by atoms with Crippen LogP contribution in [0.4, 0.5) is 11.4 Å². The molecule has 0 saturated heterocycles. The van der Waals surface area contributed by atoms with Crippen molar-refractivity contribution in [3.63, 3.8) is 0 Å². The summed E-state index contributed by atoms with van der Waals surface area (Å²) in [6, 6.07) is 13.5. The molecule has 1 saturated carbocycles. The molecular weight excluding hydrogens is 376 g/mol. The molecule has 0 spiro atoms. The number of fused-ring (bicyclic) bond motifs is 1. The first-order chi connectivity index (χ1) is 14.4. The van der Waals surface area contributed by atoms with Crippen LogP contribution in [0.5, 0.6) is 0 Å². The van der Waals surface area contributed by atoms with Crippen molar-refractivity contribution in [3.8, 4) is 0 Å². The zero-order valence-electron chi connectivity index (χ0n) is 17.8. The lowest BCUT2D eigenvalue weighted by Gasteiger charge is -2.33. The Bertz CT molecular complexity index is 930. The Morgan fingerprint density at radius 1 is 1.13 bits per heavy atom. The molecule has 1 fully saturated rings. The Balaban J connectivity index is 1.29. The van der Waals surface area contributed by atoms with Crippen LogP contribution in [0.25, 0.3) is 0 Å². The summed E-state index contributed by atoms with van der Waals surface area (Å²) in [6.07, 6.45) is 4.81. The summed E-state index contributed by atoms with van der Waals surface area (Å²) in [5, 5.41) is 6.37. The highest BCUT2D eigenvalue weighted by Gasteiger charge is 2.28. The highest BCUT2D eigenvalue weighted by Crippen LogP contribution is 2.37. The number of hydrogen-bond acceptors (Lipinski definition) is 4. The van der Waals surface area contributed by atoms with Gasteiger partial charge in [0, 0.05) is 30.3 Å². The molecular formula is C25H30N2O3. The van der Waals surface area contributed by atoms with Gasteiger partial charge < -0.3 is 15.4 Å². The maximum Gasteiger partial charge on any atom is 0.338 e. The Labute approximate surface area is 178 Å². The van der Waals surface area contributed by atoms with Crippen LogP contribution in [0, 0.1) is 5.92 Å². The zero-order valence-corrected chi connectivity index (χ0v) is 17.8. The van der Waals surface area contributed by atoms with Crippen molar-refractivity contribution in [1.82, 2.24) is 0 Å². The summed E-state index contributed by atoms with van der Waals surface area (Å²) in [5.41, 5.74) is 4.81. The number of nitrogens with one attached hydrogen (secondary N) is 2. The molecule has 5 nitrogen and oxygen atoms in total. The fourth-order valence-corrected chi connectivity index (χ4v) is 4.04. The van der Waals surface area contributed by atoms with Gasteiger partial charge in [-0.25, -0.2) is 4.79 Å². The average molecular weight is 407 g/mol. The first-order valence-corrected chi connectivity index (χ1v) is 10.9. The van der Waals surface area contributed by atoms with E-state index < -0.39 is 0 Å². The minimum atomic E-state index is -0.288. The van der Waals surface area contributed by atoms with Gasteiger partial charge in [-0.3, -0.25) is 4.79 Å². The molecule has 1 amide bonds. The number of rotatable bonds is 6. The summed E-state index contributed by atoms with van der Waals surface area (Å²) in [4.78, 5) is 24.5. The van der Waals surface area contributed by atoms with E-state index in [1.54, 1.807) is 0 Å². The van der Waals surface area contributed by atoms with Crippen LogP contribution in [0.15, 0.2) is 42.5 Å². The van der Waals surface area contributed by atoms with Gasteiger partial charge in [0.05, 0.1) is 12.2 Å². The number of ether oxygens (including phenoxy) is 1. The predicted molar refractivity (Wildman–Crippen MR) is 119 cm³/mol. The van der Waals surface area contributed by atoms with E-state index in [0.29, 0.717) is 18.6 Å². The van der Waals surface area contributed by atoms with E-state index in [4.69, 9.17) is 4.74 Å². The van der Waals surface area contributed by atoms with Gasteiger partial charge in [0.1, 0.15) is 0 Å². The lowest BCUT2D eigenvalue weighted by atomic mass is 9.78. The van der Waals surface area contributed by atoms with Gasteiger partial charge in [0.15, 0.2) is 0 Å². The molecule has 0 atom stereocenters. The molecule has 30 heavy (non-hydrogen) atoms. The van der Waals surface area contributed by atoms with Gasteiger partial charge >= 0.3 is 5.97 Å². The maximum atomic E-state index is 12.5. The highest BCUT2D eigenvalue weighted by molar-refractivity contribution is 5.93. The normalized spacial score (nSPS) is 17.3. The molecule has 1 aliphatic heterocycles. The Morgan fingerprint density at radius 2 is 1.90 bits per heavy atom. The summed E-state index contributed by atoms with van der Waals surface area (Å²) >= 11 is 0. The fraction of sp³-hybridized carbons (Fsp3) is 0.440. The van der Waals surface area contributed by atoms with Crippen molar-refractivity contribution in [1.29, 1.82) is 0 Å². The third kappa shape index (κ3) is 4.50. The third-order valence-electron chi connectivity index (χ3n) is 6.37. The van der Waals surface area contributed by atoms with Crippen LogP contribution in [0.2, 0.25) is 0 Å². The van der Waals surface area contributed by atoms with Crippen molar-refractivity contribution in [2.24, 2.45) is 5.92 Å². The van der Waals surface area contributed by atoms with Crippen LogP contribution in [0.1, 0.15) is 61.0 Å². The summed E-state index contributed by atoms with van der Waals surface area (Å²) in [7, 11) is 0. The van der Waals surface area contributed by atoms with Gasteiger partial charge in [-0.1, -0.05) is 32.4 Å². The lowest BCUT2D eigenvalue weighted by Crippen LogP contribution is -2.28. The lowest BCUT2D eigenvalue weighted by molar-refractivity contribution is -0.122. The van der Waals surface area contributed by atoms with E-state index >= 15 is 0 Å². The number of benzene rings is 2. The van der Waals surface area contributed by atoms with Crippen molar-refractivity contribution in [2.45, 2.75) is 51.4 Å². The second-order valence-corrected chi connectivity index (χ2v) is 9.02. The van der Waals surface area contributed by atoms with Crippen molar-refractivity contribution < 1.29 is 14.3 Å². The number of anilines is 2. The molecule has 2 aromatic carbocycles. The quantitative estimate of drug-likeness (QED) is 0.669. The Hall–Kier alpha value is -2.82. The van der Waals surface area contributed by atoms with Gasteiger partial charge in [-0.05, 0) is 66.1 Å². The van der Waals surface area contributed by atoms with E-state index in [2.05, 4.69) is 24.5 Å². The molecule has 0 radical (unpaired) electrons. The van der Waals surface area contributed by atoms with Gasteiger partial charge in [0.2, 0.25) is 5.91 Å². The van der Waals surface area contributed by atoms with E-state index in [1.807, 2.05) is 42.5 Å². The standard InChI is InChI=1S/C25H30N2O3/c1-25(2)13-14-26-22-11-8-19(16-21(22)25)24(29)30-15-12-17-6-9-20(10-7-17)27-23(28)18-4-3-5-18/h6-11,16,18,26H,3-5,12-15H2,1-2H3,(H,27,28). The number of amides is 1. The Kier molecular flexibility index (Phi) is 5.80. The minimum Gasteiger partial charge on any atom is -0.462 e. The van der Waals surface area contributed by atoms with Crippen LogP contribution in [-0.4, -0.2) is 25.0 Å². The predicted octanol–water partition coefficient (Wildman–Crippen LogP) is 4.92. The monoisotopic (exact) mass is 406 g/mol. The first-order valence-electron chi connectivity index (χ1n) is 10.9. The van der Waals surface area contributed by atoms with Crippen LogP contribution < -0.4 is 10.6 Å². The van der Waals surface area contributed by atoms with Crippen molar-refractivity contribution >= 4 is 23.3 Å². The van der Waals surface area contributed by atoms with E-state index in [9.17, 15) is 9.59 Å². The van der Waals surface area contributed by atoms with E-state index in [-0.39, 0.29) is 23.2 Å². The van der Waals surface area contributed by atoms with Crippen molar-refractivity contribution in [3.05, 3.63) is 59.2 Å². The number of carbonyl (C=O) groups excluding carboxylic acids is 2. The van der Waals surface area contributed by atoms with Gasteiger partial charge in [0.25, 0.3) is 0 Å².